The van der Waals surface area contributed by atoms with E-state index in [9.17, 15) is 0 Å². The Morgan fingerprint density at radius 3 is 3.00 bits per heavy atom. The molecule has 0 spiro atoms. The van der Waals surface area contributed by atoms with Crippen molar-refractivity contribution >= 4 is 21.8 Å². The molecule has 0 aliphatic carbocycles. The maximum atomic E-state index is 4.68. The SMILES string of the molecule is CCC1(c2nc3nccnc3s2)CCCNC1. The molecule has 5 heteroatoms. The van der Waals surface area contributed by atoms with Gasteiger partial charge in [0.05, 0.1) is 0 Å². The minimum Gasteiger partial charge on any atom is -0.316 e. The molecule has 1 aliphatic heterocycles. The van der Waals surface area contributed by atoms with E-state index < -0.39 is 0 Å². The van der Waals surface area contributed by atoms with Crippen LogP contribution in [-0.2, 0) is 5.41 Å². The molecule has 0 saturated carbocycles. The van der Waals surface area contributed by atoms with E-state index >= 15 is 0 Å². The van der Waals surface area contributed by atoms with Crippen molar-refractivity contribution < 1.29 is 0 Å². The standard InChI is InChI=1S/C12H16N4S/c1-2-12(4-3-5-13-8-12)11-16-9-10(17-11)15-7-6-14-9/h6-7,13H,2-5,8H2,1H3. The molecule has 4 nitrogen and oxygen atoms in total. The monoisotopic (exact) mass is 248 g/mol. The van der Waals surface area contributed by atoms with Gasteiger partial charge in [0.15, 0.2) is 10.5 Å². The third-order valence-corrected chi connectivity index (χ3v) is 4.85. The average Bonchev–Trinajstić information content (AvgIpc) is 2.84. The largest absolute Gasteiger partial charge is 0.316 e. The summed E-state index contributed by atoms with van der Waals surface area (Å²) in [5.41, 5.74) is 0.997. The van der Waals surface area contributed by atoms with Crippen LogP contribution >= 0.6 is 11.3 Å². The summed E-state index contributed by atoms with van der Waals surface area (Å²) < 4.78 is 0. The van der Waals surface area contributed by atoms with Crippen molar-refractivity contribution in [1.82, 2.24) is 20.3 Å². The fourth-order valence-corrected chi connectivity index (χ4v) is 3.66. The number of fused-ring (bicyclic) bond motifs is 1. The molecule has 0 aromatic carbocycles. The second-order valence-corrected chi connectivity index (χ2v) is 5.60. The van der Waals surface area contributed by atoms with Crippen LogP contribution in [0.25, 0.3) is 10.5 Å². The van der Waals surface area contributed by atoms with Crippen molar-refractivity contribution in [2.24, 2.45) is 0 Å². The highest BCUT2D eigenvalue weighted by Crippen LogP contribution is 2.37. The smallest absolute Gasteiger partial charge is 0.189 e. The molecule has 1 N–H and O–H groups in total. The average molecular weight is 248 g/mol. The lowest BCUT2D eigenvalue weighted by Crippen LogP contribution is -2.42. The van der Waals surface area contributed by atoms with Gasteiger partial charge in [-0.05, 0) is 25.8 Å². The van der Waals surface area contributed by atoms with Crippen LogP contribution in [0.5, 0.6) is 0 Å². The molecular weight excluding hydrogens is 232 g/mol. The maximum absolute atomic E-state index is 4.68. The van der Waals surface area contributed by atoms with Gasteiger partial charge >= 0.3 is 0 Å². The molecule has 0 amide bonds. The number of nitrogens with one attached hydrogen (secondary N) is 1. The molecule has 0 bridgehead atoms. The first kappa shape index (κ1) is 11.0. The topological polar surface area (TPSA) is 50.7 Å². The van der Waals surface area contributed by atoms with Gasteiger partial charge in [-0.2, -0.15) is 0 Å². The Labute approximate surface area is 105 Å². The van der Waals surface area contributed by atoms with E-state index in [2.05, 4.69) is 27.2 Å². The van der Waals surface area contributed by atoms with Crippen molar-refractivity contribution in [2.45, 2.75) is 31.6 Å². The van der Waals surface area contributed by atoms with Crippen LogP contribution in [0.2, 0.25) is 0 Å². The predicted molar refractivity (Wildman–Crippen MR) is 69.3 cm³/mol. The number of nitrogens with zero attached hydrogens (tertiary/aromatic N) is 3. The summed E-state index contributed by atoms with van der Waals surface area (Å²) in [4.78, 5) is 14.3. The summed E-state index contributed by atoms with van der Waals surface area (Å²) in [6.45, 7) is 4.41. The van der Waals surface area contributed by atoms with Crippen molar-refractivity contribution in [1.29, 1.82) is 0 Å². The van der Waals surface area contributed by atoms with Crippen LogP contribution in [-0.4, -0.2) is 28.0 Å². The van der Waals surface area contributed by atoms with E-state index in [4.69, 9.17) is 0 Å². The zero-order valence-corrected chi connectivity index (χ0v) is 10.8. The van der Waals surface area contributed by atoms with E-state index in [1.165, 1.54) is 17.8 Å². The van der Waals surface area contributed by atoms with E-state index in [0.29, 0.717) is 0 Å². The van der Waals surface area contributed by atoms with Crippen molar-refractivity contribution in [3.05, 3.63) is 17.4 Å². The van der Waals surface area contributed by atoms with Crippen LogP contribution in [0.15, 0.2) is 12.4 Å². The van der Waals surface area contributed by atoms with Gasteiger partial charge in [0.1, 0.15) is 5.01 Å². The van der Waals surface area contributed by atoms with Gasteiger partial charge in [0.2, 0.25) is 0 Å². The molecule has 1 fully saturated rings. The Balaban J connectivity index is 2.05. The fraction of sp³-hybridized carbons (Fsp3) is 0.583. The molecule has 1 atom stereocenters. The number of thiazole rings is 1. The highest BCUT2D eigenvalue weighted by Gasteiger charge is 2.35. The molecule has 2 aromatic heterocycles. The van der Waals surface area contributed by atoms with E-state index in [1.807, 2.05) is 0 Å². The highest BCUT2D eigenvalue weighted by molar-refractivity contribution is 7.18. The molecule has 1 saturated heterocycles. The summed E-state index contributed by atoms with van der Waals surface area (Å²) in [7, 11) is 0. The van der Waals surface area contributed by atoms with Crippen LogP contribution in [0.1, 0.15) is 31.2 Å². The van der Waals surface area contributed by atoms with Gasteiger partial charge in [-0.3, -0.25) is 0 Å². The van der Waals surface area contributed by atoms with Gasteiger partial charge in [0, 0.05) is 24.4 Å². The zero-order chi connectivity index (χ0) is 11.7. The number of rotatable bonds is 2. The number of aromatic nitrogens is 3. The summed E-state index contributed by atoms with van der Waals surface area (Å²) in [5.74, 6) is 0. The molecule has 2 aromatic rings. The van der Waals surface area contributed by atoms with Crippen LogP contribution in [0.4, 0.5) is 0 Å². The van der Waals surface area contributed by atoms with Crippen LogP contribution < -0.4 is 5.32 Å². The minimum atomic E-state index is 0.200. The summed E-state index contributed by atoms with van der Waals surface area (Å²) in [6, 6.07) is 0. The first-order valence-corrected chi connectivity index (χ1v) is 6.94. The van der Waals surface area contributed by atoms with Gasteiger partial charge in [0.25, 0.3) is 0 Å². The van der Waals surface area contributed by atoms with E-state index in [0.717, 1.165) is 30.0 Å². The molecule has 3 heterocycles. The Hall–Kier alpha value is -1.07. The third-order valence-electron chi connectivity index (χ3n) is 3.65. The van der Waals surface area contributed by atoms with Gasteiger partial charge in [-0.15, -0.1) is 0 Å². The Morgan fingerprint density at radius 1 is 1.41 bits per heavy atom. The second kappa shape index (κ2) is 4.31. The van der Waals surface area contributed by atoms with Crippen molar-refractivity contribution in [3.8, 4) is 0 Å². The van der Waals surface area contributed by atoms with E-state index in [1.54, 1.807) is 23.7 Å². The Bertz CT molecular complexity index is 483. The molecule has 90 valence electrons. The quantitative estimate of drug-likeness (QED) is 0.884. The van der Waals surface area contributed by atoms with E-state index in [-0.39, 0.29) is 5.41 Å². The molecule has 1 aliphatic rings. The summed E-state index contributed by atoms with van der Waals surface area (Å²) >= 11 is 1.70. The van der Waals surface area contributed by atoms with Crippen molar-refractivity contribution in [2.75, 3.05) is 13.1 Å². The maximum Gasteiger partial charge on any atom is 0.189 e. The van der Waals surface area contributed by atoms with Crippen LogP contribution in [0.3, 0.4) is 0 Å². The van der Waals surface area contributed by atoms with Gasteiger partial charge in [-0.1, -0.05) is 18.3 Å². The summed E-state index contributed by atoms with van der Waals surface area (Å²) in [5, 5.41) is 4.70. The third kappa shape index (κ3) is 1.83. The fourth-order valence-electron chi connectivity index (χ4n) is 2.51. The molecule has 17 heavy (non-hydrogen) atoms. The highest BCUT2D eigenvalue weighted by atomic mass is 32.1. The first-order valence-electron chi connectivity index (χ1n) is 6.13. The first-order chi connectivity index (χ1) is 8.34. The molecule has 1 unspecified atom stereocenters. The normalized spacial score (nSPS) is 25.2. The molecular formula is C12H16N4S. The second-order valence-electron chi connectivity index (χ2n) is 4.62. The summed E-state index contributed by atoms with van der Waals surface area (Å²) in [6.07, 6.45) is 7.02. The van der Waals surface area contributed by atoms with Crippen molar-refractivity contribution in [3.63, 3.8) is 0 Å². The van der Waals surface area contributed by atoms with Gasteiger partial charge < -0.3 is 5.32 Å². The Kier molecular flexibility index (Phi) is 2.80. The lowest BCUT2D eigenvalue weighted by atomic mass is 9.79. The predicted octanol–water partition coefficient (Wildman–Crippen LogP) is 2.12. The Morgan fingerprint density at radius 2 is 2.29 bits per heavy atom. The zero-order valence-electron chi connectivity index (χ0n) is 9.94. The lowest BCUT2D eigenvalue weighted by molar-refractivity contribution is 0.302. The number of hydrogen-bond acceptors (Lipinski definition) is 5. The molecule has 3 rings (SSSR count). The lowest BCUT2D eigenvalue weighted by Gasteiger charge is -2.34. The van der Waals surface area contributed by atoms with Crippen LogP contribution in [0, 0.1) is 0 Å². The number of piperidine rings is 1. The van der Waals surface area contributed by atoms with Gasteiger partial charge in [-0.25, -0.2) is 15.0 Å². The minimum absolute atomic E-state index is 0.200. The number of hydrogen-bond donors (Lipinski definition) is 1. The molecule has 0 radical (unpaired) electrons.